The van der Waals surface area contributed by atoms with Crippen molar-refractivity contribution in [2.45, 2.75) is 19.4 Å². The Morgan fingerprint density at radius 1 is 1.64 bits per heavy atom. The summed E-state index contributed by atoms with van der Waals surface area (Å²) in [6.45, 7) is 2.12. The number of hydrogen-bond acceptors (Lipinski definition) is 2. The van der Waals surface area contributed by atoms with Crippen molar-refractivity contribution in [3.63, 3.8) is 0 Å². The van der Waals surface area contributed by atoms with Crippen LogP contribution in [0, 0.1) is 5.92 Å². The Balaban J connectivity index is 2.00. The van der Waals surface area contributed by atoms with Gasteiger partial charge in [-0.1, -0.05) is 6.92 Å². The predicted molar refractivity (Wildman–Crippen MR) is 57.0 cm³/mol. The number of nitrogens with zero attached hydrogens (tertiary/aromatic N) is 1. The van der Waals surface area contributed by atoms with Gasteiger partial charge in [0.15, 0.2) is 0 Å². The number of halogens is 1. The molecule has 0 aliphatic heterocycles. The molecule has 1 heterocycles. The van der Waals surface area contributed by atoms with Crippen LogP contribution in [-0.2, 0) is 0 Å². The minimum atomic E-state index is -0.0770. The predicted octanol–water partition coefficient (Wildman–Crippen LogP) is 1.98. The molecule has 2 atom stereocenters. The van der Waals surface area contributed by atoms with Crippen molar-refractivity contribution in [1.82, 2.24) is 10.3 Å². The third kappa shape index (κ3) is 2.12. The summed E-state index contributed by atoms with van der Waals surface area (Å²) in [5.41, 5.74) is 0.479. The van der Waals surface area contributed by atoms with Crippen LogP contribution >= 0.6 is 15.9 Å². The van der Waals surface area contributed by atoms with Crippen LogP contribution in [0.3, 0.4) is 0 Å². The van der Waals surface area contributed by atoms with Gasteiger partial charge >= 0.3 is 0 Å². The maximum atomic E-state index is 11.6. The lowest BCUT2D eigenvalue weighted by Crippen LogP contribution is -2.27. The zero-order chi connectivity index (χ0) is 10.1. The summed E-state index contributed by atoms with van der Waals surface area (Å²) in [5.74, 6) is 0.543. The molecule has 1 aliphatic carbocycles. The van der Waals surface area contributed by atoms with E-state index in [9.17, 15) is 4.79 Å². The Labute approximate surface area is 91.0 Å². The molecule has 2 unspecified atom stereocenters. The second-order valence-corrected chi connectivity index (χ2v) is 4.57. The number of aromatic nitrogens is 1. The summed E-state index contributed by atoms with van der Waals surface area (Å²) in [4.78, 5) is 15.6. The van der Waals surface area contributed by atoms with Crippen LogP contribution in [0.1, 0.15) is 23.8 Å². The standard InChI is InChI=1S/C10H11BrN2O/c1-6-4-9(6)13-10(14)8-3-2-7(11)5-12-8/h2-3,5-6,9H,4H2,1H3,(H,13,14). The molecule has 1 fully saturated rings. The second kappa shape index (κ2) is 3.69. The molecule has 14 heavy (non-hydrogen) atoms. The number of hydrogen-bond donors (Lipinski definition) is 1. The first-order valence-corrected chi connectivity index (χ1v) is 5.38. The molecule has 0 aromatic carbocycles. The third-order valence-electron chi connectivity index (χ3n) is 2.39. The number of amides is 1. The van der Waals surface area contributed by atoms with Gasteiger partial charge in [-0.3, -0.25) is 4.79 Å². The van der Waals surface area contributed by atoms with Crippen molar-refractivity contribution in [3.8, 4) is 0 Å². The van der Waals surface area contributed by atoms with Gasteiger partial charge in [-0.25, -0.2) is 4.98 Å². The first kappa shape index (κ1) is 9.65. The molecule has 1 saturated carbocycles. The highest BCUT2D eigenvalue weighted by Crippen LogP contribution is 2.29. The first-order chi connectivity index (χ1) is 6.66. The number of carbonyl (C=O) groups is 1. The van der Waals surface area contributed by atoms with E-state index in [1.807, 2.05) is 6.07 Å². The molecule has 0 radical (unpaired) electrons. The molecular formula is C10H11BrN2O. The van der Waals surface area contributed by atoms with Gasteiger partial charge in [0, 0.05) is 16.7 Å². The van der Waals surface area contributed by atoms with Gasteiger partial charge in [-0.05, 0) is 40.4 Å². The van der Waals surface area contributed by atoms with E-state index in [4.69, 9.17) is 0 Å². The summed E-state index contributed by atoms with van der Waals surface area (Å²) >= 11 is 3.27. The Hall–Kier alpha value is -0.900. The third-order valence-corrected chi connectivity index (χ3v) is 2.86. The van der Waals surface area contributed by atoms with Crippen molar-refractivity contribution in [2.75, 3.05) is 0 Å². The van der Waals surface area contributed by atoms with Crippen LogP contribution in [0.5, 0.6) is 0 Å². The lowest BCUT2D eigenvalue weighted by atomic mass is 10.3. The second-order valence-electron chi connectivity index (χ2n) is 3.65. The van der Waals surface area contributed by atoms with Gasteiger partial charge in [0.05, 0.1) is 0 Å². The van der Waals surface area contributed by atoms with Crippen molar-refractivity contribution in [1.29, 1.82) is 0 Å². The minimum absolute atomic E-state index is 0.0770. The van der Waals surface area contributed by atoms with Gasteiger partial charge in [-0.15, -0.1) is 0 Å². The molecule has 1 aromatic heterocycles. The maximum absolute atomic E-state index is 11.6. The minimum Gasteiger partial charge on any atom is -0.348 e. The van der Waals surface area contributed by atoms with Gasteiger partial charge in [-0.2, -0.15) is 0 Å². The van der Waals surface area contributed by atoms with Crippen LogP contribution in [0.4, 0.5) is 0 Å². The Kier molecular flexibility index (Phi) is 2.54. The SMILES string of the molecule is CC1CC1NC(=O)c1ccc(Br)cn1. The quantitative estimate of drug-likeness (QED) is 0.877. The van der Waals surface area contributed by atoms with E-state index >= 15 is 0 Å². The van der Waals surface area contributed by atoms with E-state index < -0.39 is 0 Å². The zero-order valence-electron chi connectivity index (χ0n) is 7.83. The molecule has 74 valence electrons. The molecule has 1 aromatic rings. The van der Waals surface area contributed by atoms with Gasteiger partial charge in [0.25, 0.3) is 5.91 Å². The molecule has 1 amide bonds. The van der Waals surface area contributed by atoms with Crippen molar-refractivity contribution < 1.29 is 4.79 Å². The highest BCUT2D eigenvalue weighted by Gasteiger charge is 2.34. The molecule has 0 bridgehead atoms. The van der Waals surface area contributed by atoms with E-state index in [0.717, 1.165) is 10.9 Å². The summed E-state index contributed by atoms with van der Waals surface area (Å²) in [6.07, 6.45) is 2.72. The number of rotatable bonds is 2. The number of carbonyl (C=O) groups excluding carboxylic acids is 1. The summed E-state index contributed by atoms with van der Waals surface area (Å²) in [5, 5.41) is 2.92. The average molecular weight is 255 g/mol. The Morgan fingerprint density at radius 3 is 2.86 bits per heavy atom. The summed E-state index contributed by atoms with van der Waals surface area (Å²) < 4.78 is 0.883. The molecule has 1 N–H and O–H groups in total. The molecule has 0 spiro atoms. The Bertz CT molecular complexity index is 350. The zero-order valence-corrected chi connectivity index (χ0v) is 9.41. The monoisotopic (exact) mass is 254 g/mol. The van der Waals surface area contributed by atoms with E-state index in [2.05, 4.69) is 33.2 Å². The van der Waals surface area contributed by atoms with Gasteiger partial charge in [0.2, 0.25) is 0 Å². The van der Waals surface area contributed by atoms with E-state index in [1.54, 1.807) is 12.3 Å². The molecule has 0 saturated heterocycles. The molecule has 1 aliphatic rings. The highest BCUT2D eigenvalue weighted by atomic mass is 79.9. The van der Waals surface area contributed by atoms with Crippen molar-refractivity contribution in [3.05, 3.63) is 28.5 Å². The first-order valence-electron chi connectivity index (χ1n) is 4.59. The van der Waals surface area contributed by atoms with Gasteiger partial charge < -0.3 is 5.32 Å². The summed E-state index contributed by atoms with van der Waals surface area (Å²) in [6, 6.07) is 3.89. The highest BCUT2D eigenvalue weighted by molar-refractivity contribution is 9.10. The van der Waals surface area contributed by atoms with E-state index in [-0.39, 0.29) is 5.91 Å². The lowest BCUT2D eigenvalue weighted by molar-refractivity contribution is 0.0944. The largest absolute Gasteiger partial charge is 0.348 e. The molecule has 2 rings (SSSR count). The number of pyridine rings is 1. The fourth-order valence-corrected chi connectivity index (χ4v) is 1.51. The maximum Gasteiger partial charge on any atom is 0.270 e. The molecular weight excluding hydrogens is 244 g/mol. The smallest absolute Gasteiger partial charge is 0.270 e. The van der Waals surface area contributed by atoms with E-state index in [0.29, 0.717) is 17.7 Å². The fraction of sp³-hybridized carbons (Fsp3) is 0.400. The van der Waals surface area contributed by atoms with Crippen molar-refractivity contribution >= 4 is 21.8 Å². The van der Waals surface area contributed by atoms with Crippen LogP contribution in [-0.4, -0.2) is 16.9 Å². The van der Waals surface area contributed by atoms with Crippen LogP contribution in [0.2, 0.25) is 0 Å². The normalized spacial score (nSPS) is 24.4. The van der Waals surface area contributed by atoms with Crippen LogP contribution in [0.15, 0.2) is 22.8 Å². The molecule has 3 nitrogen and oxygen atoms in total. The lowest BCUT2D eigenvalue weighted by Gasteiger charge is -2.02. The van der Waals surface area contributed by atoms with E-state index in [1.165, 1.54) is 0 Å². The van der Waals surface area contributed by atoms with Crippen LogP contribution in [0.25, 0.3) is 0 Å². The molecule has 4 heteroatoms. The Morgan fingerprint density at radius 2 is 2.36 bits per heavy atom. The van der Waals surface area contributed by atoms with Crippen LogP contribution < -0.4 is 5.32 Å². The fourth-order valence-electron chi connectivity index (χ4n) is 1.28. The summed E-state index contributed by atoms with van der Waals surface area (Å²) in [7, 11) is 0. The van der Waals surface area contributed by atoms with Crippen molar-refractivity contribution in [2.24, 2.45) is 5.92 Å². The van der Waals surface area contributed by atoms with Gasteiger partial charge in [0.1, 0.15) is 5.69 Å². The topological polar surface area (TPSA) is 42.0 Å². The number of nitrogens with one attached hydrogen (secondary N) is 1. The average Bonchev–Trinajstić information content (AvgIpc) is 2.82.